The molecule has 25 heavy (non-hydrogen) atoms. The van der Waals surface area contributed by atoms with E-state index in [1.54, 1.807) is 7.05 Å². The third-order valence-corrected chi connectivity index (χ3v) is 5.25. The van der Waals surface area contributed by atoms with E-state index in [9.17, 15) is 9.59 Å². The molecule has 1 heterocycles. The second kappa shape index (κ2) is 8.37. The van der Waals surface area contributed by atoms with E-state index in [1.807, 2.05) is 4.90 Å². The largest absolute Gasteiger partial charge is 0.353 e. The Labute approximate surface area is 150 Å². The van der Waals surface area contributed by atoms with Crippen LogP contribution in [0.4, 0.5) is 4.79 Å². The third-order valence-electron chi connectivity index (χ3n) is 5.25. The quantitative estimate of drug-likeness (QED) is 0.834. The summed E-state index contributed by atoms with van der Waals surface area (Å²) in [6, 6.07) is 9.18. The maximum absolute atomic E-state index is 11.7. The Balaban J connectivity index is 1.40. The van der Waals surface area contributed by atoms with Gasteiger partial charge in [0.25, 0.3) is 0 Å². The minimum Gasteiger partial charge on any atom is -0.353 e. The minimum absolute atomic E-state index is 0.0357. The van der Waals surface area contributed by atoms with Crippen LogP contribution in [-0.4, -0.2) is 43.0 Å². The van der Waals surface area contributed by atoms with E-state index in [4.69, 9.17) is 0 Å². The molecule has 5 heteroatoms. The van der Waals surface area contributed by atoms with E-state index >= 15 is 0 Å². The number of amides is 3. The van der Waals surface area contributed by atoms with Gasteiger partial charge in [0.2, 0.25) is 5.91 Å². The van der Waals surface area contributed by atoms with Crippen LogP contribution >= 0.6 is 0 Å². The molecule has 0 spiro atoms. The van der Waals surface area contributed by atoms with Crippen LogP contribution in [0.3, 0.4) is 0 Å². The molecule has 0 unspecified atom stereocenters. The summed E-state index contributed by atoms with van der Waals surface area (Å²) in [7, 11) is 1.69. The first-order valence-electron chi connectivity index (χ1n) is 9.48. The van der Waals surface area contributed by atoms with Crippen molar-refractivity contribution < 1.29 is 9.59 Å². The predicted octanol–water partition coefficient (Wildman–Crippen LogP) is 2.49. The molecule has 1 aromatic rings. The first-order chi connectivity index (χ1) is 12.1. The van der Waals surface area contributed by atoms with Crippen LogP contribution in [0.15, 0.2) is 24.3 Å². The molecule has 1 saturated heterocycles. The van der Waals surface area contributed by atoms with Gasteiger partial charge in [-0.25, -0.2) is 4.79 Å². The fourth-order valence-electron chi connectivity index (χ4n) is 3.46. The van der Waals surface area contributed by atoms with Crippen LogP contribution in [-0.2, 0) is 17.6 Å². The van der Waals surface area contributed by atoms with Crippen molar-refractivity contribution in [3.05, 3.63) is 35.4 Å². The molecule has 0 aromatic heterocycles. The molecular formula is C20H29N3O2. The number of aryl methyl sites for hydroxylation is 1. The van der Waals surface area contributed by atoms with E-state index in [0.29, 0.717) is 18.4 Å². The third kappa shape index (κ3) is 5.48. The second-order valence-corrected chi connectivity index (χ2v) is 7.35. The van der Waals surface area contributed by atoms with Crippen molar-refractivity contribution in [2.75, 3.05) is 20.1 Å². The summed E-state index contributed by atoms with van der Waals surface area (Å²) in [4.78, 5) is 25.3. The Morgan fingerprint density at radius 2 is 1.68 bits per heavy atom. The number of piperidine rings is 1. The molecule has 2 aliphatic rings. The van der Waals surface area contributed by atoms with Crippen molar-refractivity contribution in [1.29, 1.82) is 0 Å². The van der Waals surface area contributed by atoms with Gasteiger partial charge in [-0.1, -0.05) is 24.3 Å². The van der Waals surface area contributed by atoms with Crippen LogP contribution in [0.2, 0.25) is 0 Å². The average molecular weight is 343 g/mol. The zero-order valence-corrected chi connectivity index (χ0v) is 15.1. The summed E-state index contributed by atoms with van der Waals surface area (Å²) in [5.74, 6) is 0.825. The molecule has 1 saturated carbocycles. The standard InChI is InChI=1S/C20H29N3O2/c1-21-20(25)23-12-10-17(11-13-23)14-16-4-2-15(3-5-16)6-9-19(24)22-18-7-8-18/h2-5,17-18H,6-14H2,1H3,(H,21,25)(H,22,24). The Kier molecular flexibility index (Phi) is 5.95. The molecule has 1 aliphatic carbocycles. The second-order valence-electron chi connectivity index (χ2n) is 7.35. The Bertz CT molecular complexity index is 587. The molecule has 3 rings (SSSR count). The number of carbonyl (C=O) groups is 2. The van der Waals surface area contributed by atoms with Crippen LogP contribution in [0, 0.1) is 5.92 Å². The summed E-state index contributed by atoms with van der Waals surface area (Å²) in [6.45, 7) is 1.69. The molecular weight excluding hydrogens is 314 g/mol. The van der Waals surface area contributed by atoms with Gasteiger partial charge in [-0.05, 0) is 55.6 Å². The molecule has 0 radical (unpaired) electrons. The molecule has 136 valence electrons. The Hall–Kier alpha value is -2.04. The number of hydrogen-bond donors (Lipinski definition) is 2. The Morgan fingerprint density at radius 1 is 1.04 bits per heavy atom. The fraction of sp³-hybridized carbons (Fsp3) is 0.600. The molecule has 0 atom stereocenters. The zero-order valence-electron chi connectivity index (χ0n) is 15.1. The number of rotatable bonds is 6. The van der Waals surface area contributed by atoms with Crippen molar-refractivity contribution in [2.24, 2.45) is 5.92 Å². The van der Waals surface area contributed by atoms with E-state index in [1.165, 1.54) is 11.1 Å². The van der Waals surface area contributed by atoms with Crippen molar-refractivity contribution in [2.45, 2.75) is 51.0 Å². The highest BCUT2D eigenvalue weighted by molar-refractivity contribution is 5.76. The van der Waals surface area contributed by atoms with E-state index in [-0.39, 0.29) is 11.9 Å². The number of likely N-dealkylation sites (tertiary alicyclic amines) is 1. The lowest BCUT2D eigenvalue weighted by Crippen LogP contribution is -2.43. The maximum atomic E-state index is 11.7. The molecule has 5 nitrogen and oxygen atoms in total. The van der Waals surface area contributed by atoms with Gasteiger partial charge in [0.05, 0.1) is 0 Å². The van der Waals surface area contributed by atoms with E-state index < -0.39 is 0 Å². The van der Waals surface area contributed by atoms with E-state index in [2.05, 4.69) is 34.9 Å². The highest BCUT2D eigenvalue weighted by Gasteiger charge is 2.23. The van der Waals surface area contributed by atoms with Crippen molar-refractivity contribution in [3.63, 3.8) is 0 Å². The lowest BCUT2D eigenvalue weighted by molar-refractivity contribution is -0.121. The minimum atomic E-state index is 0.0357. The lowest BCUT2D eigenvalue weighted by Gasteiger charge is -2.31. The number of hydrogen-bond acceptors (Lipinski definition) is 2. The van der Waals surface area contributed by atoms with Crippen molar-refractivity contribution >= 4 is 11.9 Å². The van der Waals surface area contributed by atoms with Gasteiger partial charge in [-0.2, -0.15) is 0 Å². The summed E-state index contributed by atoms with van der Waals surface area (Å²) in [6.07, 6.45) is 6.87. The summed E-state index contributed by atoms with van der Waals surface area (Å²) >= 11 is 0. The first-order valence-corrected chi connectivity index (χ1v) is 9.48. The number of benzene rings is 1. The SMILES string of the molecule is CNC(=O)N1CCC(Cc2ccc(CCC(=O)NC3CC3)cc2)CC1. The van der Waals surface area contributed by atoms with Crippen LogP contribution in [0.1, 0.15) is 43.2 Å². The number of nitrogens with one attached hydrogen (secondary N) is 2. The van der Waals surface area contributed by atoms with Gasteiger partial charge in [-0.3, -0.25) is 4.79 Å². The highest BCUT2D eigenvalue weighted by Crippen LogP contribution is 2.22. The average Bonchev–Trinajstić information content (AvgIpc) is 3.45. The predicted molar refractivity (Wildman–Crippen MR) is 98.4 cm³/mol. The molecule has 1 aliphatic heterocycles. The monoisotopic (exact) mass is 343 g/mol. The summed E-state index contributed by atoms with van der Waals surface area (Å²) < 4.78 is 0. The zero-order chi connectivity index (χ0) is 17.6. The van der Waals surface area contributed by atoms with Crippen molar-refractivity contribution in [1.82, 2.24) is 15.5 Å². The van der Waals surface area contributed by atoms with Gasteiger partial charge in [0.1, 0.15) is 0 Å². The Morgan fingerprint density at radius 3 is 2.28 bits per heavy atom. The van der Waals surface area contributed by atoms with Gasteiger partial charge in [-0.15, -0.1) is 0 Å². The molecule has 2 N–H and O–H groups in total. The van der Waals surface area contributed by atoms with Crippen LogP contribution in [0.25, 0.3) is 0 Å². The van der Waals surface area contributed by atoms with Crippen LogP contribution < -0.4 is 10.6 Å². The highest BCUT2D eigenvalue weighted by atomic mass is 16.2. The smallest absolute Gasteiger partial charge is 0.317 e. The molecule has 3 amide bonds. The van der Waals surface area contributed by atoms with Crippen LogP contribution in [0.5, 0.6) is 0 Å². The van der Waals surface area contributed by atoms with E-state index in [0.717, 1.165) is 51.6 Å². The molecule has 1 aromatic carbocycles. The molecule has 0 bridgehead atoms. The summed E-state index contributed by atoms with van der Waals surface area (Å²) in [5.41, 5.74) is 2.58. The molecule has 2 fully saturated rings. The normalized spacial score (nSPS) is 18.0. The lowest BCUT2D eigenvalue weighted by atomic mass is 9.90. The maximum Gasteiger partial charge on any atom is 0.317 e. The van der Waals surface area contributed by atoms with Gasteiger partial charge < -0.3 is 15.5 Å². The van der Waals surface area contributed by atoms with Crippen molar-refractivity contribution in [3.8, 4) is 0 Å². The number of urea groups is 1. The first kappa shape index (κ1) is 17.8. The fourth-order valence-corrected chi connectivity index (χ4v) is 3.46. The number of nitrogens with zero attached hydrogens (tertiary/aromatic N) is 1. The topological polar surface area (TPSA) is 61.4 Å². The van der Waals surface area contributed by atoms with Gasteiger partial charge >= 0.3 is 6.03 Å². The number of carbonyl (C=O) groups excluding carboxylic acids is 2. The summed E-state index contributed by atoms with van der Waals surface area (Å²) in [5, 5.41) is 5.73. The van der Waals surface area contributed by atoms with Gasteiger partial charge in [0.15, 0.2) is 0 Å². The van der Waals surface area contributed by atoms with Gasteiger partial charge in [0, 0.05) is 32.6 Å².